The second kappa shape index (κ2) is 8.97. The van der Waals surface area contributed by atoms with Crippen molar-refractivity contribution < 1.29 is 13.7 Å². The molecule has 0 amide bonds. The van der Waals surface area contributed by atoms with E-state index < -0.39 is 16.6 Å². The third-order valence-electron chi connectivity index (χ3n) is 4.59. The van der Waals surface area contributed by atoms with E-state index in [2.05, 4.69) is 9.98 Å². The second-order valence-electron chi connectivity index (χ2n) is 6.64. The number of nitrogens with zero attached hydrogens (tertiary/aromatic N) is 4. The van der Waals surface area contributed by atoms with Crippen molar-refractivity contribution in [1.82, 2.24) is 9.55 Å². The molecule has 0 saturated carbocycles. The van der Waals surface area contributed by atoms with Crippen molar-refractivity contribution in [2.45, 2.75) is 13.0 Å². The highest BCUT2D eigenvalue weighted by molar-refractivity contribution is 7.07. The van der Waals surface area contributed by atoms with E-state index in [0.717, 1.165) is 17.8 Å². The van der Waals surface area contributed by atoms with E-state index in [1.54, 1.807) is 18.3 Å². The van der Waals surface area contributed by atoms with Crippen LogP contribution in [0.2, 0.25) is 0 Å². The SMILES string of the molecule is O=[N+]([O-])c1cccc(-c2csc(=Nc3ccc(F)cc3F)n2CCc2ccccn2)c1. The zero-order valence-corrected chi connectivity index (χ0v) is 16.9. The molecule has 4 rings (SSSR count). The number of hydrogen-bond acceptors (Lipinski definition) is 5. The number of nitro groups is 1. The van der Waals surface area contributed by atoms with E-state index in [1.807, 2.05) is 28.1 Å². The summed E-state index contributed by atoms with van der Waals surface area (Å²) in [4.78, 5) is 19.9. The smallest absolute Gasteiger partial charge is 0.270 e. The Bertz CT molecular complexity index is 1300. The minimum Gasteiger partial charge on any atom is -0.316 e. The van der Waals surface area contributed by atoms with Gasteiger partial charge in [0, 0.05) is 54.0 Å². The Kier molecular flexibility index (Phi) is 5.94. The van der Waals surface area contributed by atoms with Crippen LogP contribution in [0.4, 0.5) is 20.2 Å². The minimum absolute atomic E-state index is 0.0143. The first-order chi connectivity index (χ1) is 15.0. The molecule has 0 unspecified atom stereocenters. The van der Waals surface area contributed by atoms with Crippen molar-refractivity contribution in [1.29, 1.82) is 0 Å². The lowest BCUT2D eigenvalue weighted by Gasteiger charge is -2.09. The topological polar surface area (TPSA) is 73.3 Å². The third-order valence-corrected chi connectivity index (χ3v) is 5.46. The Morgan fingerprint density at radius 1 is 1.10 bits per heavy atom. The summed E-state index contributed by atoms with van der Waals surface area (Å²) in [6, 6.07) is 15.1. The number of benzene rings is 2. The minimum atomic E-state index is -0.762. The Morgan fingerprint density at radius 2 is 1.97 bits per heavy atom. The molecule has 0 radical (unpaired) electrons. The standard InChI is InChI=1S/C22H16F2N4O2S/c23-16-7-8-20(19(24)13-16)26-22-27(11-9-17-5-1-2-10-25-17)21(14-31-22)15-4-3-6-18(12-15)28(29)30/h1-8,10,12-14H,9,11H2. The lowest BCUT2D eigenvalue weighted by atomic mass is 10.1. The van der Waals surface area contributed by atoms with Crippen molar-refractivity contribution in [3.63, 3.8) is 0 Å². The molecule has 0 fully saturated rings. The van der Waals surface area contributed by atoms with Gasteiger partial charge in [-0.3, -0.25) is 15.1 Å². The van der Waals surface area contributed by atoms with Crippen LogP contribution < -0.4 is 4.80 Å². The predicted octanol–water partition coefficient (Wildman–Crippen LogP) is 5.27. The monoisotopic (exact) mass is 438 g/mol. The van der Waals surface area contributed by atoms with Gasteiger partial charge < -0.3 is 4.57 Å². The zero-order chi connectivity index (χ0) is 21.8. The van der Waals surface area contributed by atoms with Crippen LogP contribution in [0, 0.1) is 21.7 Å². The van der Waals surface area contributed by atoms with Gasteiger partial charge in [-0.25, -0.2) is 13.8 Å². The summed E-state index contributed by atoms with van der Waals surface area (Å²) in [5, 5.41) is 13.0. The van der Waals surface area contributed by atoms with Crippen LogP contribution >= 0.6 is 11.3 Å². The zero-order valence-electron chi connectivity index (χ0n) is 16.1. The molecule has 31 heavy (non-hydrogen) atoms. The first-order valence-corrected chi connectivity index (χ1v) is 10.2. The molecule has 9 heteroatoms. The number of hydrogen-bond donors (Lipinski definition) is 0. The molecule has 156 valence electrons. The molecule has 0 aliphatic rings. The van der Waals surface area contributed by atoms with Gasteiger partial charge in [0.15, 0.2) is 10.6 Å². The Morgan fingerprint density at radius 3 is 2.71 bits per heavy atom. The summed E-state index contributed by atoms with van der Waals surface area (Å²) < 4.78 is 29.3. The van der Waals surface area contributed by atoms with E-state index >= 15 is 0 Å². The van der Waals surface area contributed by atoms with Crippen molar-refractivity contribution in [3.05, 3.63) is 104 Å². The number of rotatable bonds is 6. The maximum Gasteiger partial charge on any atom is 0.270 e. The fourth-order valence-corrected chi connectivity index (χ4v) is 4.04. The van der Waals surface area contributed by atoms with Gasteiger partial charge in [0.1, 0.15) is 11.5 Å². The van der Waals surface area contributed by atoms with Gasteiger partial charge in [-0.05, 0) is 24.3 Å². The van der Waals surface area contributed by atoms with E-state index in [4.69, 9.17) is 0 Å². The fourth-order valence-electron chi connectivity index (χ4n) is 3.09. The largest absolute Gasteiger partial charge is 0.316 e. The van der Waals surface area contributed by atoms with Gasteiger partial charge >= 0.3 is 0 Å². The molecule has 0 bridgehead atoms. The third kappa shape index (κ3) is 4.72. The maximum atomic E-state index is 14.2. The quantitative estimate of drug-likeness (QED) is 0.304. The van der Waals surface area contributed by atoms with Crippen LogP contribution in [-0.2, 0) is 13.0 Å². The van der Waals surface area contributed by atoms with Gasteiger partial charge in [0.25, 0.3) is 5.69 Å². The van der Waals surface area contributed by atoms with Crippen molar-refractivity contribution >= 4 is 22.7 Å². The molecule has 2 aromatic carbocycles. The van der Waals surface area contributed by atoms with Crippen molar-refractivity contribution in [3.8, 4) is 11.3 Å². The molecule has 0 spiro atoms. The van der Waals surface area contributed by atoms with Crippen molar-refractivity contribution in [2.24, 2.45) is 4.99 Å². The van der Waals surface area contributed by atoms with E-state index in [0.29, 0.717) is 29.0 Å². The van der Waals surface area contributed by atoms with Crippen LogP contribution in [0.5, 0.6) is 0 Å². The highest BCUT2D eigenvalue weighted by Crippen LogP contribution is 2.25. The number of thiazole rings is 1. The molecule has 0 aliphatic carbocycles. The average Bonchev–Trinajstić information content (AvgIpc) is 3.17. The van der Waals surface area contributed by atoms with E-state index in [9.17, 15) is 18.9 Å². The molecule has 0 aliphatic heterocycles. The lowest BCUT2D eigenvalue weighted by Crippen LogP contribution is -2.17. The number of halogens is 2. The van der Waals surface area contributed by atoms with Crippen molar-refractivity contribution in [2.75, 3.05) is 0 Å². The fraction of sp³-hybridized carbons (Fsp3) is 0.0909. The molecule has 6 nitrogen and oxygen atoms in total. The van der Waals surface area contributed by atoms with Crippen LogP contribution in [0.3, 0.4) is 0 Å². The van der Waals surface area contributed by atoms with Gasteiger partial charge in [-0.1, -0.05) is 18.2 Å². The average molecular weight is 438 g/mol. The second-order valence-corrected chi connectivity index (χ2v) is 7.48. The van der Waals surface area contributed by atoms with Crippen LogP contribution in [0.25, 0.3) is 11.3 Å². The molecular weight excluding hydrogens is 422 g/mol. The summed E-state index contributed by atoms with van der Waals surface area (Å²) in [5.41, 5.74) is 2.21. The Hall–Kier alpha value is -3.72. The van der Waals surface area contributed by atoms with Gasteiger partial charge in [0.05, 0.1) is 10.6 Å². The van der Waals surface area contributed by atoms with Crippen LogP contribution in [-0.4, -0.2) is 14.5 Å². The first kappa shape index (κ1) is 20.5. The molecular formula is C22H16F2N4O2S. The normalized spacial score (nSPS) is 11.6. The number of nitro benzene ring substituents is 1. The van der Waals surface area contributed by atoms with E-state index in [1.165, 1.54) is 29.5 Å². The summed E-state index contributed by atoms with van der Waals surface area (Å²) >= 11 is 1.27. The molecule has 4 aromatic rings. The molecule has 0 atom stereocenters. The summed E-state index contributed by atoms with van der Waals surface area (Å²) in [6.45, 7) is 0.472. The highest BCUT2D eigenvalue weighted by atomic mass is 32.1. The molecule has 2 heterocycles. The summed E-state index contributed by atoms with van der Waals surface area (Å²) in [5.74, 6) is -1.44. The van der Waals surface area contributed by atoms with Crippen LogP contribution in [0.15, 0.2) is 77.2 Å². The number of non-ortho nitro benzene ring substituents is 1. The predicted molar refractivity (Wildman–Crippen MR) is 114 cm³/mol. The first-order valence-electron chi connectivity index (χ1n) is 9.34. The molecule has 0 saturated heterocycles. The summed E-state index contributed by atoms with van der Waals surface area (Å²) in [7, 11) is 0. The Labute approximate surface area is 180 Å². The highest BCUT2D eigenvalue weighted by Gasteiger charge is 2.13. The summed E-state index contributed by atoms with van der Waals surface area (Å²) in [6.07, 6.45) is 2.28. The number of aryl methyl sites for hydroxylation is 1. The maximum absolute atomic E-state index is 14.2. The van der Waals surface area contributed by atoms with Crippen LogP contribution in [0.1, 0.15) is 5.69 Å². The van der Waals surface area contributed by atoms with Gasteiger partial charge in [-0.2, -0.15) is 0 Å². The number of pyridine rings is 1. The lowest BCUT2D eigenvalue weighted by molar-refractivity contribution is -0.384. The molecule has 2 aromatic heterocycles. The Balaban J connectivity index is 1.81. The number of aromatic nitrogens is 2. The van der Waals surface area contributed by atoms with E-state index in [-0.39, 0.29) is 11.4 Å². The van der Waals surface area contributed by atoms with Gasteiger partial charge in [0.2, 0.25) is 0 Å². The van der Waals surface area contributed by atoms with Gasteiger partial charge in [-0.15, -0.1) is 11.3 Å². The molecule has 0 N–H and O–H groups in total.